The third-order valence-corrected chi connectivity index (χ3v) is 5.57. The van der Waals surface area contributed by atoms with Crippen molar-refractivity contribution >= 4 is 17.6 Å². The van der Waals surface area contributed by atoms with Gasteiger partial charge in [-0.15, -0.1) is 0 Å². The molecule has 0 aliphatic carbocycles. The summed E-state index contributed by atoms with van der Waals surface area (Å²) in [4.78, 5) is 29.3. The monoisotopic (exact) mass is 407 g/mol. The summed E-state index contributed by atoms with van der Waals surface area (Å²) in [6.07, 6.45) is 2.21. The molecule has 1 N–H and O–H groups in total. The minimum absolute atomic E-state index is 0.110. The van der Waals surface area contributed by atoms with Crippen molar-refractivity contribution in [1.29, 1.82) is 0 Å². The molecule has 0 radical (unpaired) electrons. The number of carbonyl (C=O) groups excluding carboxylic acids is 2. The smallest absolute Gasteiger partial charge is 0.321 e. The Morgan fingerprint density at radius 2 is 1.77 bits per heavy atom. The van der Waals surface area contributed by atoms with Gasteiger partial charge in [-0.25, -0.2) is 4.79 Å². The highest BCUT2D eigenvalue weighted by atomic mass is 16.2. The first kappa shape index (κ1) is 21.9. The second-order valence-electron chi connectivity index (χ2n) is 8.40. The Morgan fingerprint density at radius 1 is 1.07 bits per heavy atom. The maximum atomic E-state index is 12.8. The molecular formula is C25H33N3O2. The highest BCUT2D eigenvalue weighted by Gasteiger charge is 2.22. The Balaban J connectivity index is 1.57. The predicted octanol–water partition coefficient (Wildman–Crippen LogP) is 4.71. The molecule has 0 saturated carbocycles. The van der Waals surface area contributed by atoms with E-state index in [1.165, 1.54) is 16.7 Å². The molecule has 1 heterocycles. The fourth-order valence-electron chi connectivity index (χ4n) is 3.84. The molecule has 0 unspecified atom stereocenters. The second-order valence-corrected chi connectivity index (χ2v) is 8.40. The van der Waals surface area contributed by atoms with Crippen LogP contribution in [-0.4, -0.2) is 41.4 Å². The van der Waals surface area contributed by atoms with Gasteiger partial charge in [0.1, 0.15) is 0 Å². The van der Waals surface area contributed by atoms with Crippen molar-refractivity contribution < 1.29 is 9.59 Å². The lowest BCUT2D eigenvalue weighted by atomic mass is 10.00. The number of hydrogen-bond donors (Lipinski definition) is 1. The van der Waals surface area contributed by atoms with Gasteiger partial charge in [-0.2, -0.15) is 0 Å². The number of anilines is 1. The van der Waals surface area contributed by atoms with Crippen molar-refractivity contribution in [2.75, 3.05) is 25.0 Å². The molecule has 3 rings (SSSR count). The number of hydrogen-bond acceptors (Lipinski definition) is 2. The predicted molar refractivity (Wildman–Crippen MR) is 121 cm³/mol. The van der Waals surface area contributed by atoms with E-state index >= 15 is 0 Å². The maximum absolute atomic E-state index is 12.8. The lowest BCUT2D eigenvalue weighted by molar-refractivity contribution is -0.132. The van der Waals surface area contributed by atoms with Crippen molar-refractivity contribution in [3.8, 4) is 0 Å². The van der Waals surface area contributed by atoms with Gasteiger partial charge in [-0.1, -0.05) is 57.2 Å². The van der Waals surface area contributed by atoms with Gasteiger partial charge in [-0.3, -0.25) is 4.79 Å². The number of amides is 3. The third kappa shape index (κ3) is 5.85. The largest absolute Gasteiger partial charge is 0.338 e. The standard InChI is InChI=1S/C25H33N3O2/c1-4-20-9-11-23(12-10-20)26-25(30)28(17-19(2)3)16-14-24(29)27-15-13-21-7-5-6-8-22(21)18-27/h5-12,19H,4,13-18H2,1-3H3,(H,26,30). The quantitative estimate of drug-likeness (QED) is 0.722. The molecule has 0 bridgehead atoms. The SMILES string of the molecule is CCc1ccc(NC(=O)N(CCC(=O)N2CCc3ccccc3C2)CC(C)C)cc1. The highest BCUT2D eigenvalue weighted by Crippen LogP contribution is 2.19. The molecule has 2 aromatic carbocycles. The van der Waals surface area contributed by atoms with Crippen LogP contribution in [0.2, 0.25) is 0 Å². The van der Waals surface area contributed by atoms with Crippen molar-refractivity contribution in [2.45, 2.75) is 46.6 Å². The number of fused-ring (bicyclic) bond motifs is 1. The Kier molecular flexibility index (Phi) is 7.50. The molecule has 160 valence electrons. The summed E-state index contributed by atoms with van der Waals surface area (Å²) < 4.78 is 0. The first-order valence-electron chi connectivity index (χ1n) is 11.0. The number of benzene rings is 2. The Morgan fingerprint density at radius 3 is 2.43 bits per heavy atom. The highest BCUT2D eigenvalue weighted by molar-refractivity contribution is 5.89. The van der Waals surface area contributed by atoms with E-state index in [0.29, 0.717) is 32.0 Å². The number of aryl methyl sites for hydroxylation is 1. The van der Waals surface area contributed by atoms with E-state index in [9.17, 15) is 9.59 Å². The van der Waals surface area contributed by atoms with Crippen LogP contribution in [0.3, 0.4) is 0 Å². The lowest BCUT2D eigenvalue weighted by Crippen LogP contribution is -2.42. The molecule has 0 spiro atoms. The Bertz CT molecular complexity index is 861. The van der Waals surface area contributed by atoms with Crippen LogP contribution in [-0.2, 0) is 24.2 Å². The summed E-state index contributed by atoms with van der Waals surface area (Å²) in [5.41, 5.74) is 4.58. The van der Waals surface area contributed by atoms with Crippen molar-refractivity contribution in [3.63, 3.8) is 0 Å². The molecular weight excluding hydrogens is 374 g/mol. The number of nitrogens with one attached hydrogen (secondary N) is 1. The first-order valence-corrected chi connectivity index (χ1v) is 11.0. The van der Waals surface area contributed by atoms with Crippen molar-refractivity contribution in [1.82, 2.24) is 9.80 Å². The summed E-state index contributed by atoms with van der Waals surface area (Å²) in [5.74, 6) is 0.438. The molecule has 30 heavy (non-hydrogen) atoms. The molecule has 1 aliphatic heterocycles. The van der Waals surface area contributed by atoms with E-state index < -0.39 is 0 Å². The number of carbonyl (C=O) groups is 2. The van der Waals surface area contributed by atoms with Crippen LogP contribution in [0.4, 0.5) is 10.5 Å². The zero-order chi connectivity index (χ0) is 21.5. The van der Waals surface area contributed by atoms with Crippen LogP contribution in [0.1, 0.15) is 43.9 Å². The van der Waals surface area contributed by atoms with E-state index in [2.05, 4.69) is 44.3 Å². The van der Waals surface area contributed by atoms with E-state index in [4.69, 9.17) is 0 Å². The van der Waals surface area contributed by atoms with Crippen LogP contribution in [0.5, 0.6) is 0 Å². The molecule has 0 saturated heterocycles. The van der Waals surface area contributed by atoms with Crippen LogP contribution in [0.25, 0.3) is 0 Å². The van der Waals surface area contributed by atoms with Gasteiger partial charge in [0.2, 0.25) is 5.91 Å². The molecule has 5 heteroatoms. The Labute approximate surface area is 180 Å². The van der Waals surface area contributed by atoms with E-state index in [-0.39, 0.29) is 11.9 Å². The minimum atomic E-state index is -0.148. The van der Waals surface area contributed by atoms with Gasteiger partial charge in [0, 0.05) is 38.3 Å². The Hall–Kier alpha value is -2.82. The molecule has 2 aromatic rings. The first-order chi connectivity index (χ1) is 14.5. The minimum Gasteiger partial charge on any atom is -0.338 e. The van der Waals surface area contributed by atoms with Crippen LogP contribution in [0.15, 0.2) is 48.5 Å². The van der Waals surface area contributed by atoms with Crippen molar-refractivity contribution in [2.24, 2.45) is 5.92 Å². The number of urea groups is 1. The van der Waals surface area contributed by atoms with Crippen LogP contribution < -0.4 is 5.32 Å². The van der Waals surface area contributed by atoms with Gasteiger partial charge >= 0.3 is 6.03 Å². The maximum Gasteiger partial charge on any atom is 0.321 e. The second kappa shape index (κ2) is 10.3. The lowest BCUT2D eigenvalue weighted by Gasteiger charge is -2.30. The normalized spacial score (nSPS) is 13.1. The molecule has 5 nitrogen and oxygen atoms in total. The summed E-state index contributed by atoms with van der Waals surface area (Å²) in [5, 5.41) is 2.98. The average molecular weight is 408 g/mol. The van der Waals surface area contributed by atoms with Crippen LogP contribution in [0, 0.1) is 5.92 Å². The number of rotatable bonds is 7. The summed E-state index contributed by atoms with van der Waals surface area (Å²) in [7, 11) is 0. The summed E-state index contributed by atoms with van der Waals surface area (Å²) in [6, 6.07) is 16.1. The fourth-order valence-corrected chi connectivity index (χ4v) is 3.84. The van der Waals surface area contributed by atoms with Gasteiger partial charge < -0.3 is 15.1 Å². The molecule has 1 aliphatic rings. The average Bonchev–Trinajstić information content (AvgIpc) is 2.76. The fraction of sp³-hybridized carbons (Fsp3) is 0.440. The molecule has 0 atom stereocenters. The van der Waals surface area contributed by atoms with Crippen molar-refractivity contribution in [3.05, 3.63) is 65.2 Å². The van der Waals surface area contributed by atoms with E-state index in [1.807, 2.05) is 35.2 Å². The third-order valence-electron chi connectivity index (χ3n) is 5.57. The van der Waals surface area contributed by atoms with Crippen LogP contribution >= 0.6 is 0 Å². The summed E-state index contributed by atoms with van der Waals surface area (Å²) >= 11 is 0. The van der Waals surface area contributed by atoms with E-state index in [1.54, 1.807) is 4.90 Å². The topological polar surface area (TPSA) is 52.7 Å². The van der Waals surface area contributed by atoms with Gasteiger partial charge in [0.25, 0.3) is 0 Å². The van der Waals surface area contributed by atoms with Gasteiger partial charge in [-0.05, 0) is 47.6 Å². The molecule has 0 aromatic heterocycles. The number of nitrogens with zero attached hydrogens (tertiary/aromatic N) is 2. The zero-order valence-corrected chi connectivity index (χ0v) is 18.4. The molecule has 3 amide bonds. The van der Waals surface area contributed by atoms with Gasteiger partial charge in [0.05, 0.1) is 0 Å². The zero-order valence-electron chi connectivity index (χ0n) is 18.4. The summed E-state index contributed by atoms with van der Waals surface area (Å²) in [6.45, 7) is 8.73. The molecule has 0 fully saturated rings. The van der Waals surface area contributed by atoms with Gasteiger partial charge in [0.15, 0.2) is 0 Å². The van der Waals surface area contributed by atoms with E-state index in [0.717, 1.165) is 25.1 Å².